The molecule has 0 saturated heterocycles. The third-order valence-electron chi connectivity index (χ3n) is 3.25. The number of aryl methyl sites for hydroxylation is 2. The van der Waals surface area contributed by atoms with Gasteiger partial charge in [0.25, 0.3) is 0 Å². The molecule has 2 N–H and O–H groups in total. The summed E-state index contributed by atoms with van der Waals surface area (Å²) in [6.07, 6.45) is 1.72. The molecule has 2 rings (SSSR count). The number of hydrogen-bond acceptors (Lipinski definition) is 2. The van der Waals surface area contributed by atoms with Crippen molar-refractivity contribution >= 4 is 0 Å². The van der Waals surface area contributed by atoms with Crippen LogP contribution in [0.1, 0.15) is 25.0 Å². The fraction of sp³-hybridized carbons (Fsp3) is 0.250. The molecule has 0 bridgehead atoms. The fourth-order valence-corrected chi connectivity index (χ4v) is 2.20. The van der Waals surface area contributed by atoms with Crippen LogP contribution in [0.2, 0.25) is 0 Å². The lowest BCUT2D eigenvalue weighted by Crippen LogP contribution is -1.90. The molecule has 0 fully saturated rings. The SMILES string of the molecule is CCc1ccc(O)c(-c2c(O)cccc2CC)c1. The van der Waals surface area contributed by atoms with Crippen molar-refractivity contribution in [2.45, 2.75) is 26.7 Å². The predicted octanol–water partition coefficient (Wildman–Crippen LogP) is 3.89. The first-order chi connectivity index (χ1) is 8.67. The molecule has 2 nitrogen and oxygen atoms in total. The molecule has 0 saturated carbocycles. The molecule has 0 aliphatic rings. The number of phenolic OH excluding ortho intramolecular Hbond substituents is 2. The van der Waals surface area contributed by atoms with Gasteiger partial charge in [-0.2, -0.15) is 0 Å². The molecule has 0 aromatic heterocycles. The van der Waals surface area contributed by atoms with E-state index < -0.39 is 0 Å². The lowest BCUT2D eigenvalue weighted by Gasteiger charge is -2.13. The maximum Gasteiger partial charge on any atom is 0.123 e. The van der Waals surface area contributed by atoms with Gasteiger partial charge in [-0.3, -0.25) is 0 Å². The number of aromatic hydroxyl groups is 2. The van der Waals surface area contributed by atoms with Gasteiger partial charge in [0.15, 0.2) is 0 Å². The Kier molecular flexibility index (Phi) is 3.56. The van der Waals surface area contributed by atoms with E-state index in [4.69, 9.17) is 0 Å². The summed E-state index contributed by atoms with van der Waals surface area (Å²) in [7, 11) is 0. The highest BCUT2D eigenvalue weighted by Crippen LogP contribution is 2.38. The average Bonchev–Trinajstić information content (AvgIpc) is 2.39. The summed E-state index contributed by atoms with van der Waals surface area (Å²) >= 11 is 0. The molecule has 2 aromatic rings. The monoisotopic (exact) mass is 242 g/mol. The van der Waals surface area contributed by atoms with Crippen molar-refractivity contribution in [1.29, 1.82) is 0 Å². The summed E-state index contributed by atoms with van der Waals surface area (Å²) < 4.78 is 0. The molecule has 0 amide bonds. The maximum atomic E-state index is 10.1. The zero-order valence-corrected chi connectivity index (χ0v) is 10.8. The highest BCUT2D eigenvalue weighted by atomic mass is 16.3. The van der Waals surface area contributed by atoms with Crippen molar-refractivity contribution in [2.75, 3.05) is 0 Å². The topological polar surface area (TPSA) is 40.5 Å². The molecule has 0 unspecified atom stereocenters. The molecule has 0 radical (unpaired) electrons. The lowest BCUT2D eigenvalue weighted by molar-refractivity contribution is 0.468. The normalized spacial score (nSPS) is 10.6. The van der Waals surface area contributed by atoms with Gasteiger partial charge in [0.05, 0.1) is 0 Å². The Morgan fingerprint density at radius 1 is 0.889 bits per heavy atom. The van der Waals surface area contributed by atoms with Crippen LogP contribution in [0.5, 0.6) is 11.5 Å². The standard InChI is InChI=1S/C16H18O2/c1-3-11-8-9-14(17)13(10-11)16-12(4-2)6-5-7-15(16)18/h5-10,17-18H,3-4H2,1-2H3. The van der Waals surface area contributed by atoms with Crippen molar-refractivity contribution < 1.29 is 10.2 Å². The van der Waals surface area contributed by atoms with E-state index in [1.807, 2.05) is 31.2 Å². The van der Waals surface area contributed by atoms with E-state index >= 15 is 0 Å². The van der Waals surface area contributed by atoms with Gasteiger partial charge in [-0.25, -0.2) is 0 Å². The molecule has 2 aromatic carbocycles. The van der Waals surface area contributed by atoms with Gasteiger partial charge in [-0.05, 0) is 42.2 Å². The highest BCUT2D eigenvalue weighted by molar-refractivity contribution is 5.78. The Hall–Kier alpha value is -1.96. The van der Waals surface area contributed by atoms with Crippen LogP contribution in [-0.2, 0) is 12.8 Å². The van der Waals surface area contributed by atoms with Crippen LogP contribution >= 0.6 is 0 Å². The van der Waals surface area contributed by atoms with Crippen molar-refractivity contribution in [3.05, 3.63) is 47.5 Å². The van der Waals surface area contributed by atoms with Gasteiger partial charge >= 0.3 is 0 Å². The summed E-state index contributed by atoms with van der Waals surface area (Å²) in [5.74, 6) is 0.432. The van der Waals surface area contributed by atoms with Gasteiger partial charge in [0, 0.05) is 11.1 Å². The Morgan fingerprint density at radius 3 is 2.33 bits per heavy atom. The van der Waals surface area contributed by atoms with E-state index in [9.17, 15) is 10.2 Å². The summed E-state index contributed by atoms with van der Waals surface area (Å²) in [4.78, 5) is 0. The largest absolute Gasteiger partial charge is 0.507 e. The Bertz CT molecular complexity index is 559. The van der Waals surface area contributed by atoms with Gasteiger partial charge in [0.2, 0.25) is 0 Å². The number of benzene rings is 2. The molecular formula is C16H18O2. The Morgan fingerprint density at radius 2 is 1.67 bits per heavy atom. The van der Waals surface area contributed by atoms with Gasteiger partial charge in [0.1, 0.15) is 11.5 Å². The van der Waals surface area contributed by atoms with Gasteiger partial charge < -0.3 is 10.2 Å². The van der Waals surface area contributed by atoms with Crippen molar-refractivity contribution in [2.24, 2.45) is 0 Å². The summed E-state index contributed by atoms with van der Waals surface area (Å²) in [5.41, 5.74) is 3.64. The third kappa shape index (κ3) is 2.19. The van der Waals surface area contributed by atoms with Crippen molar-refractivity contribution in [3.8, 4) is 22.6 Å². The fourth-order valence-electron chi connectivity index (χ4n) is 2.20. The molecular weight excluding hydrogens is 224 g/mol. The Balaban J connectivity index is 2.68. The molecule has 0 heterocycles. The van der Waals surface area contributed by atoms with Crippen LogP contribution in [0.3, 0.4) is 0 Å². The summed E-state index contributed by atoms with van der Waals surface area (Å²) in [5, 5.41) is 20.1. The molecule has 18 heavy (non-hydrogen) atoms. The van der Waals surface area contributed by atoms with Gasteiger partial charge in [-0.15, -0.1) is 0 Å². The summed E-state index contributed by atoms with van der Waals surface area (Å²) in [6, 6.07) is 11.0. The second-order valence-electron chi connectivity index (χ2n) is 4.37. The molecule has 94 valence electrons. The second-order valence-corrected chi connectivity index (χ2v) is 4.37. The minimum atomic E-state index is 0.211. The third-order valence-corrected chi connectivity index (χ3v) is 3.25. The first kappa shape index (κ1) is 12.5. The number of rotatable bonds is 3. The molecule has 0 atom stereocenters. The average molecular weight is 242 g/mol. The van der Waals surface area contributed by atoms with Crippen LogP contribution in [0, 0.1) is 0 Å². The van der Waals surface area contributed by atoms with E-state index in [1.54, 1.807) is 12.1 Å². The van der Waals surface area contributed by atoms with Crippen LogP contribution in [0.15, 0.2) is 36.4 Å². The minimum absolute atomic E-state index is 0.211. The summed E-state index contributed by atoms with van der Waals surface area (Å²) in [6.45, 7) is 4.11. The van der Waals surface area contributed by atoms with Gasteiger partial charge in [-0.1, -0.05) is 32.0 Å². The molecule has 0 aliphatic heterocycles. The van der Waals surface area contributed by atoms with Crippen molar-refractivity contribution in [1.82, 2.24) is 0 Å². The van der Waals surface area contributed by atoms with Crippen LogP contribution in [0.25, 0.3) is 11.1 Å². The van der Waals surface area contributed by atoms with E-state index in [0.717, 1.165) is 29.5 Å². The molecule has 2 heteroatoms. The molecule has 0 spiro atoms. The molecule has 0 aliphatic carbocycles. The predicted molar refractivity (Wildman–Crippen MR) is 74.0 cm³/mol. The van der Waals surface area contributed by atoms with E-state index in [-0.39, 0.29) is 11.5 Å². The second kappa shape index (κ2) is 5.13. The van der Waals surface area contributed by atoms with Crippen LogP contribution in [0.4, 0.5) is 0 Å². The van der Waals surface area contributed by atoms with E-state index in [0.29, 0.717) is 5.56 Å². The number of hydrogen-bond donors (Lipinski definition) is 2. The lowest BCUT2D eigenvalue weighted by atomic mass is 9.94. The quantitative estimate of drug-likeness (QED) is 0.857. The van der Waals surface area contributed by atoms with Crippen LogP contribution in [-0.4, -0.2) is 10.2 Å². The zero-order valence-electron chi connectivity index (χ0n) is 10.8. The van der Waals surface area contributed by atoms with E-state index in [2.05, 4.69) is 6.92 Å². The first-order valence-corrected chi connectivity index (χ1v) is 6.30. The Labute approximate surface area is 108 Å². The first-order valence-electron chi connectivity index (χ1n) is 6.30. The number of phenols is 2. The zero-order chi connectivity index (χ0) is 13.1. The van der Waals surface area contributed by atoms with Crippen LogP contribution < -0.4 is 0 Å². The highest BCUT2D eigenvalue weighted by Gasteiger charge is 2.13. The smallest absolute Gasteiger partial charge is 0.123 e. The minimum Gasteiger partial charge on any atom is -0.507 e. The van der Waals surface area contributed by atoms with E-state index in [1.165, 1.54) is 0 Å². The maximum absolute atomic E-state index is 10.1. The van der Waals surface area contributed by atoms with Crippen molar-refractivity contribution in [3.63, 3.8) is 0 Å².